The number of hydrogen-bond donors (Lipinski definition) is 0. The molecule has 1 unspecified atom stereocenters. The van der Waals surface area contributed by atoms with Gasteiger partial charge in [-0.3, -0.25) is 0 Å². The maximum absolute atomic E-state index is 6.64. The van der Waals surface area contributed by atoms with Gasteiger partial charge in [0, 0.05) is 10.0 Å². The largest absolute Gasteiger partial charge is 0.496 e. The molecule has 0 spiro atoms. The summed E-state index contributed by atoms with van der Waals surface area (Å²) in [6.45, 7) is 4.10. The van der Waals surface area contributed by atoms with Crippen LogP contribution in [-0.4, -0.2) is 7.11 Å². The molecule has 0 amide bonds. The smallest absolute Gasteiger partial charge is 0.124 e. The van der Waals surface area contributed by atoms with Gasteiger partial charge in [-0.1, -0.05) is 40.2 Å². The molecular formula is C16H16BrClO. The predicted molar refractivity (Wildman–Crippen MR) is 84.3 cm³/mol. The molecule has 0 aliphatic rings. The first kappa shape index (κ1) is 14.4. The van der Waals surface area contributed by atoms with Crippen LogP contribution in [0.2, 0.25) is 0 Å². The molecule has 2 rings (SSSR count). The molecule has 19 heavy (non-hydrogen) atoms. The Morgan fingerprint density at radius 2 is 1.74 bits per heavy atom. The van der Waals surface area contributed by atoms with Gasteiger partial charge in [0.25, 0.3) is 0 Å². The molecule has 0 saturated heterocycles. The molecule has 2 aromatic carbocycles. The van der Waals surface area contributed by atoms with E-state index in [4.69, 9.17) is 16.3 Å². The Morgan fingerprint density at radius 3 is 2.37 bits per heavy atom. The Balaban J connectivity index is 2.52. The molecule has 100 valence electrons. The molecule has 0 aromatic heterocycles. The summed E-state index contributed by atoms with van der Waals surface area (Å²) in [6.07, 6.45) is 0. The summed E-state index contributed by atoms with van der Waals surface area (Å²) in [5.41, 5.74) is 4.41. The molecule has 0 heterocycles. The summed E-state index contributed by atoms with van der Waals surface area (Å²) in [5, 5.41) is -0.215. The topological polar surface area (TPSA) is 9.23 Å². The molecule has 0 radical (unpaired) electrons. The highest BCUT2D eigenvalue weighted by molar-refractivity contribution is 9.10. The van der Waals surface area contributed by atoms with Crippen molar-refractivity contribution >= 4 is 27.5 Å². The highest BCUT2D eigenvalue weighted by Gasteiger charge is 2.18. The highest BCUT2D eigenvalue weighted by atomic mass is 79.9. The Kier molecular flexibility index (Phi) is 4.54. The van der Waals surface area contributed by atoms with E-state index in [1.54, 1.807) is 7.11 Å². The van der Waals surface area contributed by atoms with Gasteiger partial charge in [0.1, 0.15) is 5.75 Å². The van der Waals surface area contributed by atoms with Crippen LogP contribution in [0, 0.1) is 13.8 Å². The average molecular weight is 340 g/mol. The number of hydrogen-bond acceptors (Lipinski definition) is 1. The zero-order valence-electron chi connectivity index (χ0n) is 11.2. The van der Waals surface area contributed by atoms with E-state index in [9.17, 15) is 0 Å². The van der Waals surface area contributed by atoms with Gasteiger partial charge >= 0.3 is 0 Å². The minimum absolute atomic E-state index is 0.215. The van der Waals surface area contributed by atoms with Gasteiger partial charge in [0.15, 0.2) is 0 Å². The molecule has 0 fully saturated rings. The van der Waals surface area contributed by atoms with Crippen molar-refractivity contribution in [3.63, 3.8) is 0 Å². The third kappa shape index (κ3) is 2.96. The predicted octanol–water partition coefficient (Wildman–Crippen LogP) is 5.40. The molecular weight excluding hydrogens is 324 g/mol. The zero-order valence-corrected chi connectivity index (χ0v) is 13.5. The van der Waals surface area contributed by atoms with E-state index < -0.39 is 0 Å². The van der Waals surface area contributed by atoms with Crippen molar-refractivity contribution < 1.29 is 4.74 Å². The van der Waals surface area contributed by atoms with Crippen molar-refractivity contribution in [3.8, 4) is 5.75 Å². The lowest BCUT2D eigenvalue weighted by Gasteiger charge is -2.17. The standard InChI is InChI=1S/C16H16BrClO/c1-10-6-4-5-7-12(10)16(18)13-9-14(17)11(2)8-15(13)19-3/h4-9,16H,1-3H3. The molecule has 1 atom stereocenters. The third-order valence-electron chi connectivity index (χ3n) is 3.25. The Bertz CT molecular complexity index is 595. The van der Waals surface area contributed by atoms with Gasteiger partial charge < -0.3 is 4.74 Å². The zero-order chi connectivity index (χ0) is 14.0. The summed E-state index contributed by atoms with van der Waals surface area (Å²) in [5.74, 6) is 0.823. The molecule has 2 aromatic rings. The number of alkyl halides is 1. The second-order valence-electron chi connectivity index (χ2n) is 4.56. The van der Waals surface area contributed by atoms with Crippen molar-refractivity contribution in [2.75, 3.05) is 7.11 Å². The lowest BCUT2D eigenvalue weighted by atomic mass is 9.98. The normalized spacial score (nSPS) is 12.3. The molecule has 0 saturated carbocycles. The van der Waals surface area contributed by atoms with Crippen LogP contribution in [0.5, 0.6) is 5.75 Å². The van der Waals surface area contributed by atoms with Gasteiger partial charge in [0.2, 0.25) is 0 Å². The van der Waals surface area contributed by atoms with Crippen LogP contribution < -0.4 is 4.74 Å². The van der Waals surface area contributed by atoms with Crippen LogP contribution in [0.1, 0.15) is 27.6 Å². The minimum Gasteiger partial charge on any atom is -0.496 e. The maximum atomic E-state index is 6.64. The van der Waals surface area contributed by atoms with E-state index in [-0.39, 0.29) is 5.38 Å². The van der Waals surface area contributed by atoms with E-state index in [1.807, 2.05) is 31.2 Å². The minimum atomic E-state index is -0.215. The summed E-state index contributed by atoms with van der Waals surface area (Å²) < 4.78 is 6.50. The first-order chi connectivity index (χ1) is 9.04. The molecule has 0 N–H and O–H groups in total. The van der Waals surface area contributed by atoms with Gasteiger partial charge in [0.05, 0.1) is 12.5 Å². The molecule has 0 aliphatic carbocycles. The SMILES string of the molecule is COc1cc(C)c(Br)cc1C(Cl)c1ccccc1C. The first-order valence-corrected chi connectivity index (χ1v) is 7.31. The van der Waals surface area contributed by atoms with E-state index >= 15 is 0 Å². The van der Waals surface area contributed by atoms with Gasteiger partial charge in [-0.2, -0.15) is 0 Å². The monoisotopic (exact) mass is 338 g/mol. The summed E-state index contributed by atoms with van der Waals surface area (Å²) in [4.78, 5) is 0. The van der Waals surface area contributed by atoms with Crippen molar-refractivity contribution in [2.24, 2.45) is 0 Å². The lowest BCUT2D eigenvalue weighted by Crippen LogP contribution is -2.00. The van der Waals surface area contributed by atoms with Crippen LogP contribution in [0.15, 0.2) is 40.9 Å². The number of rotatable bonds is 3. The van der Waals surface area contributed by atoms with Crippen LogP contribution >= 0.6 is 27.5 Å². The number of ether oxygens (including phenoxy) is 1. The lowest BCUT2D eigenvalue weighted by molar-refractivity contribution is 0.409. The van der Waals surface area contributed by atoms with Crippen molar-refractivity contribution in [3.05, 3.63) is 63.1 Å². The second kappa shape index (κ2) is 5.98. The highest BCUT2D eigenvalue weighted by Crippen LogP contribution is 2.39. The van der Waals surface area contributed by atoms with Crippen LogP contribution in [-0.2, 0) is 0 Å². The van der Waals surface area contributed by atoms with Crippen molar-refractivity contribution in [1.82, 2.24) is 0 Å². The number of aryl methyl sites for hydroxylation is 2. The van der Waals surface area contributed by atoms with Gasteiger partial charge in [-0.15, -0.1) is 11.6 Å². The van der Waals surface area contributed by atoms with Crippen LogP contribution in [0.25, 0.3) is 0 Å². The number of halogens is 2. The van der Waals surface area contributed by atoms with Crippen molar-refractivity contribution in [2.45, 2.75) is 19.2 Å². The first-order valence-electron chi connectivity index (χ1n) is 6.08. The summed E-state index contributed by atoms with van der Waals surface area (Å²) >= 11 is 10.2. The Labute approximate surface area is 127 Å². The summed E-state index contributed by atoms with van der Waals surface area (Å²) in [7, 11) is 1.67. The van der Waals surface area contributed by atoms with E-state index in [2.05, 4.69) is 35.0 Å². The van der Waals surface area contributed by atoms with Crippen LogP contribution in [0.3, 0.4) is 0 Å². The van der Waals surface area contributed by atoms with E-state index in [0.29, 0.717) is 0 Å². The fourth-order valence-electron chi connectivity index (χ4n) is 2.08. The Morgan fingerprint density at radius 1 is 1.05 bits per heavy atom. The maximum Gasteiger partial charge on any atom is 0.124 e. The van der Waals surface area contributed by atoms with Gasteiger partial charge in [-0.05, 0) is 42.7 Å². The fourth-order valence-corrected chi connectivity index (χ4v) is 2.86. The quantitative estimate of drug-likeness (QED) is 0.680. The van der Waals surface area contributed by atoms with Crippen molar-refractivity contribution in [1.29, 1.82) is 0 Å². The third-order valence-corrected chi connectivity index (χ3v) is 4.57. The Hall–Kier alpha value is -0.990. The number of methoxy groups -OCH3 is 1. The second-order valence-corrected chi connectivity index (χ2v) is 5.85. The van der Waals surface area contributed by atoms with E-state index in [0.717, 1.165) is 26.9 Å². The summed E-state index contributed by atoms with van der Waals surface area (Å²) in [6, 6.07) is 12.2. The molecule has 0 bridgehead atoms. The average Bonchev–Trinajstić information content (AvgIpc) is 2.41. The molecule has 0 aliphatic heterocycles. The fraction of sp³-hybridized carbons (Fsp3) is 0.250. The van der Waals surface area contributed by atoms with Gasteiger partial charge in [-0.25, -0.2) is 0 Å². The van der Waals surface area contributed by atoms with Crippen LogP contribution in [0.4, 0.5) is 0 Å². The molecule has 3 heteroatoms. The van der Waals surface area contributed by atoms with E-state index in [1.165, 1.54) is 5.56 Å². The number of benzene rings is 2. The molecule has 1 nitrogen and oxygen atoms in total.